The van der Waals surface area contributed by atoms with Gasteiger partial charge < -0.3 is 5.73 Å². The van der Waals surface area contributed by atoms with E-state index in [2.05, 4.69) is 24.8 Å². The second-order valence-electron chi connectivity index (χ2n) is 5.23. The lowest BCUT2D eigenvalue weighted by molar-refractivity contribution is 0.146. The van der Waals surface area contributed by atoms with Gasteiger partial charge in [-0.3, -0.25) is 4.90 Å². The zero-order chi connectivity index (χ0) is 15.4. The van der Waals surface area contributed by atoms with Crippen molar-refractivity contribution in [2.24, 2.45) is 5.73 Å². The minimum Gasteiger partial charge on any atom is -0.329 e. The van der Waals surface area contributed by atoms with Crippen molar-refractivity contribution in [3.8, 4) is 0 Å². The average Bonchev–Trinajstić information content (AvgIpc) is 2.94. The summed E-state index contributed by atoms with van der Waals surface area (Å²) >= 11 is 7.90. The maximum Gasteiger partial charge on any atom is 0.129 e. The summed E-state index contributed by atoms with van der Waals surface area (Å²) in [7, 11) is 0. The van der Waals surface area contributed by atoms with Crippen LogP contribution >= 0.6 is 22.9 Å². The van der Waals surface area contributed by atoms with Crippen LogP contribution in [0.3, 0.4) is 0 Å². The molecule has 0 aliphatic heterocycles. The molecule has 1 heterocycles. The van der Waals surface area contributed by atoms with Crippen molar-refractivity contribution in [1.82, 2.24) is 4.90 Å². The van der Waals surface area contributed by atoms with Gasteiger partial charge in [0.05, 0.1) is 6.04 Å². The molecule has 2 rings (SSSR count). The Labute approximate surface area is 134 Å². The third kappa shape index (κ3) is 3.83. The quantitative estimate of drug-likeness (QED) is 0.849. The van der Waals surface area contributed by atoms with Crippen LogP contribution in [0.1, 0.15) is 30.3 Å². The lowest BCUT2D eigenvalue weighted by Gasteiger charge is -2.34. The van der Waals surface area contributed by atoms with Gasteiger partial charge in [0.2, 0.25) is 0 Å². The van der Waals surface area contributed by atoms with Crippen LogP contribution in [0.4, 0.5) is 4.39 Å². The first-order valence-electron chi connectivity index (χ1n) is 6.96. The van der Waals surface area contributed by atoms with Crippen LogP contribution in [0.15, 0.2) is 35.7 Å². The van der Waals surface area contributed by atoms with Crippen molar-refractivity contribution in [3.63, 3.8) is 0 Å². The van der Waals surface area contributed by atoms with Gasteiger partial charge in [0.25, 0.3) is 0 Å². The third-order valence-corrected chi connectivity index (χ3v) is 4.73. The molecule has 0 amide bonds. The van der Waals surface area contributed by atoms with Crippen LogP contribution in [-0.2, 0) is 6.54 Å². The standard InChI is InChI=1S/C16H20ClFN2S/c1-11(2)20(10-12-5-4-8-21-12)15(9-19)16-13(17)6-3-7-14(16)18/h3-8,11,15H,9-10,19H2,1-2H3. The molecule has 0 bridgehead atoms. The zero-order valence-corrected chi connectivity index (χ0v) is 13.8. The number of rotatable bonds is 6. The Morgan fingerprint density at radius 2 is 2.05 bits per heavy atom. The largest absolute Gasteiger partial charge is 0.329 e. The summed E-state index contributed by atoms with van der Waals surface area (Å²) in [5, 5.41) is 2.48. The van der Waals surface area contributed by atoms with Crippen molar-refractivity contribution < 1.29 is 4.39 Å². The van der Waals surface area contributed by atoms with E-state index in [1.165, 1.54) is 10.9 Å². The van der Waals surface area contributed by atoms with E-state index in [-0.39, 0.29) is 17.9 Å². The summed E-state index contributed by atoms with van der Waals surface area (Å²) in [6.45, 7) is 5.24. The van der Waals surface area contributed by atoms with Crippen molar-refractivity contribution in [2.75, 3.05) is 6.54 Å². The summed E-state index contributed by atoms with van der Waals surface area (Å²) in [6.07, 6.45) is 0. The van der Waals surface area contributed by atoms with Crippen molar-refractivity contribution >= 4 is 22.9 Å². The number of nitrogens with zero attached hydrogens (tertiary/aromatic N) is 1. The summed E-state index contributed by atoms with van der Waals surface area (Å²) in [5.74, 6) is -0.297. The molecule has 114 valence electrons. The van der Waals surface area contributed by atoms with E-state index >= 15 is 0 Å². The highest BCUT2D eigenvalue weighted by molar-refractivity contribution is 7.09. The Kier molecular flexibility index (Phi) is 5.76. The predicted octanol–water partition coefficient (Wildman–Crippen LogP) is 4.45. The summed E-state index contributed by atoms with van der Waals surface area (Å²) in [5.41, 5.74) is 6.44. The maximum absolute atomic E-state index is 14.2. The maximum atomic E-state index is 14.2. The molecule has 21 heavy (non-hydrogen) atoms. The Balaban J connectivity index is 2.36. The van der Waals surface area contributed by atoms with Crippen molar-refractivity contribution in [3.05, 3.63) is 57.0 Å². The highest BCUT2D eigenvalue weighted by Gasteiger charge is 2.26. The van der Waals surface area contributed by atoms with Gasteiger partial charge in [0.1, 0.15) is 5.82 Å². The average molecular weight is 327 g/mol. The van der Waals surface area contributed by atoms with Gasteiger partial charge in [-0.2, -0.15) is 0 Å². The molecule has 0 radical (unpaired) electrons. The molecule has 2 nitrogen and oxygen atoms in total. The van der Waals surface area contributed by atoms with E-state index < -0.39 is 0 Å². The van der Waals surface area contributed by atoms with E-state index in [9.17, 15) is 4.39 Å². The summed E-state index contributed by atoms with van der Waals surface area (Å²) in [4.78, 5) is 3.42. The van der Waals surface area contributed by atoms with E-state index in [0.717, 1.165) is 6.54 Å². The molecule has 5 heteroatoms. The van der Waals surface area contributed by atoms with E-state index in [1.807, 2.05) is 11.4 Å². The van der Waals surface area contributed by atoms with E-state index in [4.69, 9.17) is 17.3 Å². The van der Waals surface area contributed by atoms with E-state index in [1.54, 1.807) is 23.5 Å². The second-order valence-corrected chi connectivity index (χ2v) is 6.67. The molecule has 0 fully saturated rings. The Hall–Kier alpha value is -0.940. The summed E-state index contributed by atoms with van der Waals surface area (Å²) in [6, 6.07) is 8.87. The monoisotopic (exact) mass is 326 g/mol. The zero-order valence-electron chi connectivity index (χ0n) is 12.2. The molecule has 1 atom stereocenters. The van der Waals surface area contributed by atoms with Gasteiger partial charge in [0.15, 0.2) is 0 Å². The minimum atomic E-state index is -0.297. The van der Waals surface area contributed by atoms with Gasteiger partial charge in [-0.15, -0.1) is 11.3 Å². The number of halogens is 2. The van der Waals surface area contributed by atoms with Gasteiger partial charge >= 0.3 is 0 Å². The molecule has 0 saturated carbocycles. The normalized spacial score (nSPS) is 13.1. The first-order chi connectivity index (χ1) is 10.0. The summed E-state index contributed by atoms with van der Waals surface area (Å²) < 4.78 is 14.2. The fourth-order valence-electron chi connectivity index (χ4n) is 2.48. The molecular formula is C16H20ClFN2S. The molecule has 1 aromatic carbocycles. The molecule has 0 aliphatic rings. The van der Waals surface area contributed by atoms with Crippen LogP contribution in [0.5, 0.6) is 0 Å². The predicted molar refractivity (Wildman–Crippen MR) is 88.2 cm³/mol. The Morgan fingerprint density at radius 3 is 2.57 bits per heavy atom. The molecule has 1 unspecified atom stereocenters. The number of benzene rings is 1. The van der Waals surface area contributed by atoms with Gasteiger partial charge in [0, 0.05) is 34.6 Å². The minimum absolute atomic E-state index is 0.233. The fraction of sp³-hybridized carbons (Fsp3) is 0.375. The number of hydrogen-bond donors (Lipinski definition) is 1. The Morgan fingerprint density at radius 1 is 1.29 bits per heavy atom. The van der Waals surface area contributed by atoms with Crippen LogP contribution in [0.2, 0.25) is 5.02 Å². The van der Waals surface area contributed by atoms with Gasteiger partial charge in [-0.25, -0.2) is 4.39 Å². The first-order valence-corrected chi connectivity index (χ1v) is 8.22. The molecule has 2 N–H and O–H groups in total. The topological polar surface area (TPSA) is 29.3 Å². The number of hydrogen-bond acceptors (Lipinski definition) is 3. The number of nitrogens with two attached hydrogens (primary N) is 1. The van der Waals surface area contributed by atoms with E-state index in [0.29, 0.717) is 17.1 Å². The Bertz CT molecular complexity index is 551. The van der Waals surface area contributed by atoms with Gasteiger partial charge in [-0.1, -0.05) is 23.7 Å². The first kappa shape index (κ1) is 16.4. The molecule has 0 spiro atoms. The molecule has 2 aromatic rings. The van der Waals surface area contributed by atoms with Crippen molar-refractivity contribution in [2.45, 2.75) is 32.5 Å². The second kappa shape index (κ2) is 7.36. The highest BCUT2D eigenvalue weighted by atomic mass is 35.5. The van der Waals surface area contributed by atoms with Crippen LogP contribution < -0.4 is 5.73 Å². The smallest absolute Gasteiger partial charge is 0.129 e. The lowest BCUT2D eigenvalue weighted by atomic mass is 10.0. The van der Waals surface area contributed by atoms with Crippen LogP contribution in [0, 0.1) is 5.82 Å². The molecule has 0 saturated heterocycles. The van der Waals surface area contributed by atoms with Crippen molar-refractivity contribution in [1.29, 1.82) is 0 Å². The molecule has 1 aromatic heterocycles. The van der Waals surface area contributed by atoms with Crippen LogP contribution in [-0.4, -0.2) is 17.5 Å². The van der Waals surface area contributed by atoms with Gasteiger partial charge in [-0.05, 0) is 37.4 Å². The fourth-order valence-corrected chi connectivity index (χ4v) is 3.48. The third-order valence-electron chi connectivity index (χ3n) is 3.54. The van der Waals surface area contributed by atoms with Crippen LogP contribution in [0.25, 0.3) is 0 Å². The SMILES string of the molecule is CC(C)N(Cc1cccs1)C(CN)c1c(F)cccc1Cl. The lowest BCUT2D eigenvalue weighted by Crippen LogP contribution is -2.38. The number of thiophene rings is 1. The molecule has 0 aliphatic carbocycles. The molecular weight excluding hydrogens is 307 g/mol. The highest BCUT2D eigenvalue weighted by Crippen LogP contribution is 2.32.